The lowest BCUT2D eigenvalue weighted by Gasteiger charge is -2.20. The number of likely N-dealkylation sites (N-methyl/N-ethyl adjacent to an activating group) is 1. The SMILES string of the molecule is CCN(CC)CCn1c2c(c(SCC(=O)N(C)c3ccccc3)nc1=O)CCC2. The van der Waals surface area contributed by atoms with Gasteiger partial charge in [-0.1, -0.05) is 43.8 Å². The molecule has 0 saturated carbocycles. The Morgan fingerprint density at radius 3 is 2.59 bits per heavy atom. The molecule has 3 rings (SSSR count). The predicted octanol–water partition coefficient (Wildman–Crippen LogP) is 2.83. The van der Waals surface area contributed by atoms with Gasteiger partial charge in [0.25, 0.3) is 0 Å². The molecule has 0 saturated heterocycles. The van der Waals surface area contributed by atoms with Crippen LogP contribution >= 0.6 is 11.8 Å². The van der Waals surface area contributed by atoms with Gasteiger partial charge in [0.15, 0.2) is 0 Å². The van der Waals surface area contributed by atoms with Crippen molar-refractivity contribution in [2.75, 3.05) is 37.3 Å². The van der Waals surface area contributed by atoms with Crippen LogP contribution in [0, 0.1) is 0 Å². The molecule has 6 nitrogen and oxygen atoms in total. The fourth-order valence-corrected chi connectivity index (χ4v) is 4.73. The molecule has 29 heavy (non-hydrogen) atoms. The van der Waals surface area contributed by atoms with Crippen molar-refractivity contribution in [2.45, 2.75) is 44.7 Å². The van der Waals surface area contributed by atoms with Crippen molar-refractivity contribution in [3.63, 3.8) is 0 Å². The summed E-state index contributed by atoms with van der Waals surface area (Å²) in [5, 5.41) is 0.733. The number of hydrogen-bond donors (Lipinski definition) is 0. The van der Waals surface area contributed by atoms with Gasteiger partial charge in [0.1, 0.15) is 5.03 Å². The number of amides is 1. The van der Waals surface area contributed by atoms with Crippen LogP contribution in [0.1, 0.15) is 31.5 Å². The Balaban J connectivity index is 1.72. The Labute approximate surface area is 176 Å². The fraction of sp³-hybridized carbons (Fsp3) is 0.500. The molecule has 0 atom stereocenters. The van der Waals surface area contributed by atoms with E-state index in [1.54, 1.807) is 11.9 Å². The van der Waals surface area contributed by atoms with Crippen LogP contribution in [0.5, 0.6) is 0 Å². The van der Waals surface area contributed by atoms with Gasteiger partial charge < -0.3 is 9.80 Å². The highest BCUT2D eigenvalue weighted by Gasteiger charge is 2.23. The van der Waals surface area contributed by atoms with Crippen LogP contribution < -0.4 is 10.6 Å². The highest BCUT2D eigenvalue weighted by atomic mass is 32.2. The number of thioether (sulfide) groups is 1. The Hall–Kier alpha value is -2.12. The van der Waals surface area contributed by atoms with E-state index in [0.29, 0.717) is 6.54 Å². The zero-order chi connectivity index (χ0) is 20.8. The summed E-state index contributed by atoms with van der Waals surface area (Å²) in [4.78, 5) is 33.6. The summed E-state index contributed by atoms with van der Waals surface area (Å²) in [6, 6.07) is 9.58. The number of anilines is 1. The molecule has 1 aromatic heterocycles. The van der Waals surface area contributed by atoms with Crippen LogP contribution in [0.3, 0.4) is 0 Å². The van der Waals surface area contributed by atoms with E-state index in [4.69, 9.17) is 0 Å². The van der Waals surface area contributed by atoms with Gasteiger partial charge in [0, 0.05) is 37.1 Å². The second-order valence-corrected chi connectivity index (χ2v) is 8.20. The first-order valence-corrected chi connectivity index (χ1v) is 11.3. The number of nitrogens with zero attached hydrogens (tertiary/aromatic N) is 4. The lowest BCUT2D eigenvalue weighted by Crippen LogP contribution is -2.34. The van der Waals surface area contributed by atoms with E-state index in [1.165, 1.54) is 11.8 Å². The summed E-state index contributed by atoms with van der Waals surface area (Å²) < 4.78 is 1.85. The number of fused-ring (bicyclic) bond motifs is 1. The molecule has 0 bridgehead atoms. The summed E-state index contributed by atoms with van der Waals surface area (Å²) >= 11 is 1.39. The average molecular weight is 415 g/mol. The molecule has 0 fully saturated rings. The Morgan fingerprint density at radius 2 is 1.90 bits per heavy atom. The number of carbonyl (C=O) groups excluding carboxylic acids is 1. The van der Waals surface area contributed by atoms with Crippen LogP contribution in [0.25, 0.3) is 0 Å². The third-order valence-corrected chi connectivity index (χ3v) is 6.59. The van der Waals surface area contributed by atoms with Gasteiger partial charge in [-0.3, -0.25) is 9.36 Å². The maximum atomic E-state index is 12.7. The number of para-hydroxylation sites is 1. The predicted molar refractivity (Wildman–Crippen MR) is 119 cm³/mol. The lowest BCUT2D eigenvalue weighted by atomic mass is 10.2. The zero-order valence-corrected chi connectivity index (χ0v) is 18.4. The second-order valence-electron chi connectivity index (χ2n) is 7.23. The van der Waals surface area contributed by atoms with E-state index >= 15 is 0 Å². The molecule has 1 aromatic carbocycles. The molecule has 1 heterocycles. The van der Waals surface area contributed by atoms with Gasteiger partial charge in [0.05, 0.1) is 5.75 Å². The van der Waals surface area contributed by atoms with Gasteiger partial charge >= 0.3 is 5.69 Å². The summed E-state index contributed by atoms with van der Waals surface area (Å²) in [6.07, 6.45) is 2.88. The van der Waals surface area contributed by atoms with Crippen molar-refractivity contribution in [1.29, 1.82) is 0 Å². The molecule has 0 spiro atoms. The first-order valence-electron chi connectivity index (χ1n) is 10.3. The Morgan fingerprint density at radius 1 is 1.17 bits per heavy atom. The van der Waals surface area contributed by atoms with E-state index in [0.717, 1.165) is 60.9 Å². The van der Waals surface area contributed by atoms with Gasteiger partial charge in [-0.05, 0) is 44.5 Å². The topological polar surface area (TPSA) is 58.4 Å². The molecule has 0 aliphatic heterocycles. The lowest BCUT2D eigenvalue weighted by molar-refractivity contribution is -0.115. The summed E-state index contributed by atoms with van der Waals surface area (Å²) in [7, 11) is 1.78. The summed E-state index contributed by atoms with van der Waals surface area (Å²) in [5.41, 5.74) is 2.94. The molecule has 0 unspecified atom stereocenters. The normalized spacial score (nSPS) is 13.0. The number of hydrogen-bond acceptors (Lipinski definition) is 5. The van der Waals surface area contributed by atoms with Crippen molar-refractivity contribution >= 4 is 23.4 Å². The first kappa shape index (κ1) is 21.6. The number of aromatic nitrogens is 2. The first-order chi connectivity index (χ1) is 14.0. The van der Waals surface area contributed by atoms with Gasteiger partial charge in [-0.25, -0.2) is 4.79 Å². The van der Waals surface area contributed by atoms with Crippen LogP contribution in [0.4, 0.5) is 5.69 Å². The third-order valence-electron chi connectivity index (χ3n) is 5.58. The smallest absolute Gasteiger partial charge is 0.315 e. The van der Waals surface area contributed by atoms with Crippen molar-refractivity contribution < 1.29 is 4.79 Å². The Bertz CT molecular complexity index is 894. The highest BCUT2D eigenvalue weighted by molar-refractivity contribution is 8.00. The summed E-state index contributed by atoms with van der Waals surface area (Å²) in [5.74, 6) is 0.272. The van der Waals surface area contributed by atoms with E-state index < -0.39 is 0 Å². The largest absolute Gasteiger partial charge is 0.348 e. The van der Waals surface area contributed by atoms with Crippen molar-refractivity contribution in [2.24, 2.45) is 0 Å². The highest BCUT2D eigenvalue weighted by Crippen LogP contribution is 2.29. The van der Waals surface area contributed by atoms with Crippen LogP contribution in [0.15, 0.2) is 40.2 Å². The minimum atomic E-state index is -0.191. The Kier molecular flexibility index (Phi) is 7.50. The standard InChI is InChI=1S/C22H30N4O2S/c1-4-25(5-2)14-15-26-19-13-9-12-18(19)21(23-22(26)28)29-16-20(27)24(3)17-10-7-6-8-11-17/h6-8,10-11H,4-5,9,12-16H2,1-3H3. The second kappa shape index (κ2) is 10.1. The molecule has 1 aliphatic carbocycles. The van der Waals surface area contributed by atoms with Gasteiger partial charge in [-0.2, -0.15) is 4.98 Å². The molecular weight excluding hydrogens is 384 g/mol. The molecule has 1 amide bonds. The van der Waals surface area contributed by atoms with Crippen molar-refractivity contribution in [3.8, 4) is 0 Å². The van der Waals surface area contributed by atoms with Crippen molar-refractivity contribution in [3.05, 3.63) is 52.1 Å². The number of benzene rings is 1. The van der Waals surface area contributed by atoms with E-state index in [9.17, 15) is 9.59 Å². The monoisotopic (exact) mass is 414 g/mol. The van der Waals surface area contributed by atoms with Crippen LogP contribution in [0.2, 0.25) is 0 Å². The summed E-state index contributed by atoms with van der Waals surface area (Å²) in [6.45, 7) is 7.76. The average Bonchev–Trinajstić information content (AvgIpc) is 3.24. The minimum absolute atomic E-state index is 0.000425. The van der Waals surface area contributed by atoms with Crippen LogP contribution in [-0.4, -0.2) is 52.8 Å². The van der Waals surface area contributed by atoms with Gasteiger partial charge in [0.2, 0.25) is 5.91 Å². The molecule has 7 heteroatoms. The maximum absolute atomic E-state index is 12.7. The van der Waals surface area contributed by atoms with Crippen LogP contribution in [-0.2, 0) is 24.2 Å². The van der Waals surface area contributed by atoms with E-state index in [2.05, 4.69) is 23.7 Å². The molecule has 0 radical (unpaired) electrons. The molecule has 156 valence electrons. The van der Waals surface area contributed by atoms with Gasteiger partial charge in [-0.15, -0.1) is 0 Å². The van der Waals surface area contributed by atoms with E-state index in [1.807, 2.05) is 34.9 Å². The van der Waals surface area contributed by atoms with E-state index in [-0.39, 0.29) is 17.3 Å². The molecule has 0 N–H and O–H groups in total. The number of rotatable bonds is 9. The number of carbonyl (C=O) groups is 1. The maximum Gasteiger partial charge on any atom is 0.348 e. The molecule has 2 aromatic rings. The minimum Gasteiger partial charge on any atom is -0.315 e. The molecule has 1 aliphatic rings. The third kappa shape index (κ3) is 5.08. The van der Waals surface area contributed by atoms with Crippen molar-refractivity contribution in [1.82, 2.24) is 14.5 Å². The quantitative estimate of drug-likeness (QED) is 0.466. The molecular formula is C22H30N4O2S. The fourth-order valence-electron chi connectivity index (χ4n) is 3.74. The zero-order valence-electron chi connectivity index (χ0n) is 17.6.